The van der Waals surface area contributed by atoms with Gasteiger partial charge in [0.25, 0.3) is 0 Å². The number of hydrogen-bond donors (Lipinski definition) is 2. The first-order valence-electron chi connectivity index (χ1n) is 4.92. The highest BCUT2D eigenvalue weighted by molar-refractivity contribution is 5.67. The van der Waals surface area contributed by atoms with Crippen molar-refractivity contribution < 1.29 is 9.53 Å². The molecule has 0 rings (SSSR count). The number of amides is 1. The number of alkyl carbamates (subject to hydrolysis) is 1. The van der Waals surface area contributed by atoms with Crippen molar-refractivity contribution in [3.05, 3.63) is 0 Å². The van der Waals surface area contributed by atoms with Gasteiger partial charge in [0.2, 0.25) is 0 Å². The molecular formula is C10H22N2O2. The Morgan fingerprint density at radius 3 is 2.21 bits per heavy atom. The van der Waals surface area contributed by atoms with Gasteiger partial charge in [-0.3, -0.25) is 0 Å². The summed E-state index contributed by atoms with van der Waals surface area (Å²) in [6.45, 7) is 9.79. The number of carbonyl (C=O) groups is 1. The lowest BCUT2D eigenvalue weighted by Crippen LogP contribution is -2.48. The van der Waals surface area contributed by atoms with Gasteiger partial charge in [0.15, 0.2) is 0 Å². The van der Waals surface area contributed by atoms with Gasteiger partial charge in [-0.25, -0.2) is 4.79 Å². The van der Waals surface area contributed by atoms with Gasteiger partial charge >= 0.3 is 6.09 Å². The number of nitrogens with one attached hydrogen (secondary N) is 1. The van der Waals surface area contributed by atoms with Gasteiger partial charge in [-0.2, -0.15) is 0 Å². The van der Waals surface area contributed by atoms with E-state index in [0.29, 0.717) is 6.54 Å². The van der Waals surface area contributed by atoms with Crippen LogP contribution in [0.25, 0.3) is 0 Å². The molecule has 14 heavy (non-hydrogen) atoms. The smallest absolute Gasteiger partial charge is 0.407 e. The van der Waals surface area contributed by atoms with Gasteiger partial charge < -0.3 is 15.8 Å². The molecule has 0 aromatic carbocycles. The minimum absolute atomic E-state index is 0.364. The van der Waals surface area contributed by atoms with E-state index in [2.05, 4.69) is 5.32 Å². The number of carbonyl (C=O) groups excluding carboxylic acids is 1. The van der Waals surface area contributed by atoms with Gasteiger partial charge in [-0.1, -0.05) is 6.92 Å². The molecule has 0 heterocycles. The zero-order valence-corrected chi connectivity index (χ0v) is 9.81. The quantitative estimate of drug-likeness (QED) is 0.731. The van der Waals surface area contributed by atoms with Gasteiger partial charge in [-0.15, -0.1) is 0 Å². The molecular weight excluding hydrogens is 180 g/mol. The van der Waals surface area contributed by atoms with Crippen molar-refractivity contribution in [2.45, 2.75) is 52.2 Å². The van der Waals surface area contributed by atoms with Crippen molar-refractivity contribution in [3.8, 4) is 0 Å². The molecule has 0 saturated heterocycles. The Morgan fingerprint density at radius 1 is 1.36 bits per heavy atom. The summed E-state index contributed by atoms with van der Waals surface area (Å²) in [6.07, 6.45) is 0.394. The maximum atomic E-state index is 11.2. The molecule has 0 aliphatic rings. The number of hydrogen-bond acceptors (Lipinski definition) is 3. The second-order valence-electron chi connectivity index (χ2n) is 4.86. The monoisotopic (exact) mass is 202 g/mol. The number of ether oxygens (including phenoxy) is 1. The molecule has 1 amide bonds. The lowest BCUT2D eigenvalue weighted by molar-refractivity contribution is 0.0516. The molecule has 1 atom stereocenters. The Labute approximate surface area is 86.2 Å². The van der Waals surface area contributed by atoms with Crippen molar-refractivity contribution in [1.82, 2.24) is 5.32 Å². The van der Waals surface area contributed by atoms with E-state index in [1.54, 1.807) is 0 Å². The van der Waals surface area contributed by atoms with E-state index >= 15 is 0 Å². The van der Waals surface area contributed by atoms with E-state index in [0.717, 1.165) is 6.42 Å². The summed E-state index contributed by atoms with van der Waals surface area (Å²) in [5.74, 6) is 0. The van der Waals surface area contributed by atoms with E-state index in [9.17, 15) is 4.79 Å². The van der Waals surface area contributed by atoms with Crippen LogP contribution in [0.4, 0.5) is 4.79 Å². The zero-order valence-electron chi connectivity index (χ0n) is 9.81. The van der Waals surface area contributed by atoms with E-state index < -0.39 is 11.7 Å². The predicted molar refractivity (Wildman–Crippen MR) is 57.1 cm³/mol. The Bertz CT molecular complexity index is 195. The van der Waals surface area contributed by atoms with Crippen LogP contribution in [-0.2, 0) is 4.74 Å². The average Bonchev–Trinajstić information content (AvgIpc) is 1.98. The minimum Gasteiger partial charge on any atom is -0.444 e. The first-order chi connectivity index (χ1) is 6.16. The number of rotatable bonds is 3. The largest absolute Gasteiger partial charge is 0.444 e. The second kappa shape index (κ2) is 4.64. The lowest BCUT2D eigenvalue weighted by Gasteiger charge is -2.25. The normalized spacial score (nSPS) is 15.9. The van der Waals surface area contributed by atoms with E-state index in [1.807, 2.05) is 34.6 Å². The van der Waals surface area contributed by atoms with E-state index in [4.69, 9.17) is 10.5 Å². The van der Waals surface area contributed by atoms with Crippen molar-refractivity contribution in [2.75, 3.05) is 6.54 Å². The topological polar surface area (TPSA) is 64.3 Å². The fourth-order valence-corrected chi connectivity index (χ4v) is 0.713. The summed E-state index contributed by atoms with van der Waals surface area (Å²) < 4.78 is 5.07. The van der Waals surface area contributed by atoms with E-state index in [1.165, 1.54) is 0 Å². The van der Waals surface area contributed by atoms with Crippen LogP contribution in [0.15, 0.2) is 0 Å². The van der Waals surface area contributed by atoms with Crippen LogP contribution in [0.5, 0.6) is 0 Å². The standard InChI is InChI=1S/C10H22N2O2/c1-6-10(5,11)7-12-8(13)14-9(2,3)4/h6-7,11H2,1-5H3,(H,12,13). The molecule has 0 aliphatic heterocycles. The number of nitrogens with two attached hydrogens (primary N) is 1. The third kappa shape index (κ3) is 6.71. The third-order valence-electron chi connectivity index (χ3n) is 1.84. The Kier molecular flexibility index (Phi) is 4.39. The first kappa shape index (κ1) is 13.2. The summed E-state index contributed by atoms with van der Waals surface area (Å²) in [5, 5.41) is 2.64. The van der Waals surface area contributed by atoms with Crippen molar-refractivity contribution in [1.29, 1.82) is 0 Å². The van der Waals surface area contributed by atoms with Crippen LogP contribution < -0.4 is 11.1 Å². The minimum atomic E-state index is -0.457. The zero-order chi connectivity index (χ0) is 11.4. The van der Waals surface area contributed by atoms with E-state index in [-0.39, 0.29) is 5.54 Å². The molecule has 4 heteroatoms. The van der Waals surface area contributed by atoms with Gasteiger partial charge in [-0.05, 0) is 34.1 Å². The van der Waals surface area contributed by atoms with Crippen molar-refractivity contribution in [3.63, 3.8) is 0 Å². The van der Waals surface area contributed by atoms with Crippen LogP contribution >= 0.6 is 0 Å². The lowest BCUT2D eigenvalue weighted by atomic mass is 10.0. The molecule has 1 unspecified atom stereocenters. The summed E-state index contributed by atoms with van der Waals surface area (Å²) in [4.78, 5) is 11.2. The van der Waals surface area contributed by atoms with Crippen LogP contribution in [-0.4, -0.2) is 23.8 Å². The van der Waals surface area contributed by atoms with Crippen LogP contribution in [0.2, 0.25) is 0 Å². The second-order valence-corrected chi connectivity index (χ2v) is 4.86. The molecule has 0 aromatic heterocycles. The maximum absolute atomic E-state index is 11.2. The Balaban J connectivity index is 3.87. The fourth-order valence-electron chi connectivity index (χ4n) is 0.713. The SMILES string of the molecule is CCC(C)(N)CNC(=O)OC(C)(C)C. The fraction of sp³-hybridized carbons (Fsp3) is 0.900. The van der Waals surface area contributed by atoms with Crippen molar-refractivity contribution in [2.24, 2.45) is 5.73 Å². The van der Waals surface area contributed by atoms with Gasteiger partial charge in [0, 0.05) is 12.1 Å². The third-order valence-corrected chi connectivity index (χ3v) is 1.84. The molecule has 84 valence electrons. The molecule has 4 nitrogen and oxygen atoms in total. The molecule has 0 bridgehead atoms. The highest BCUT2D eigenvalue weighted by atomic mass is 16.6. The van der Waals surface area contributed by atoms with Gasteiger partial charge in [0.05, 0.1) is 0 Å². The Morgan fingerprint density at radius 2 is 1.86 bits per heavy atom. The molecule has 0 aliphatic carbocycles. The van der Waals surface area contributed by atoms with Crippen LogP contribution in [0.3, 0.4) is 0 Å². The average molecular weight is 202 g/mol. The van der Waals surface area contributed by atoms with Crippen molar-refractivity contribution >= 4 is 6.09 Å². The molecule has 0 spiro atoms. The summed E-state index contributed by atoms with van der Waals surface area (Å²) in [5.41, 5.74) is 5.04. The summed E-state index contributed by atoms with van der Waals surface area (Å²) in [7, 11) is 0. The summed E-state index contributed by atoms with van der Waals surface area (Å²) in [6, 6.07) is 0. The first-order valence-corrected chi connectivity index (χ1v) is 4.92. The Hall–Kier alpha value is -0.770. The summed E-state index contributed by atoms with van der Waals surface area (Å²) >= 11 is 0. The van der Waals surface area contributed by atoms with Crippen LogP contribution in [0.1, 0.15) is 41.0 Å². The molecule has 3 N–H and O–H groups in total. The van der Waals surface area contributed by atoms with Gasteiger partial charge in [0.1, 0.15) is 5.60 Å². The predicted octanol–water partition coefficient (Wildman–Crippen LogP) is 1.64. The molecule has 0 aromatic rings. The highest BCUT2D eigenvalue weighted by Crippen LogP contribution is 2.07. The maximum Gasteiger partial charge on any atom is 0.407 e. The molecule has 0 saturated carbocycles. The molecule has 0 radical (unpaired) electrons. The molecule has 0 fully saturated rings. The van der Waals surface area contributed by atoms with Crippen LogP contribution in [0, 0.1) is 0 Å². The highest BCUT2D eigenvalue weighted by Gasteiger charge is 2.20.